The lowest BCUT2D eigenvalue weighted by Gasteiger charge is -2.10. The van der Waals surface area contributed by atoms with E-state index in [-0.39, 0.29) is 5.69 Å². The number of benzene rings is 1. The van der Waals surface area contributed by atoms with E-state index < -0.39 is 6.29 Å². The molecule has 0 aliphatic carbocycles. The summed E-state index contributed by atoms with van der Waals surface area (Å²) in [6, 6.07) is 5.13. The first kappa shape index (κ1) is 9.95. The van der Waals surface area contributed by atoms with Crippen LogP contribution in [0, 0.1) is 0 Å². The first-order valence-electron chi connectivity index (χ1n) is 4.72. The first-order valence-corrected chi connectivity index (χ1v) is 4.72. The van der Waals surface area contributed by atoms with E-state index in [1.807, 2.05) is 0 Å². The topological polar surface area (TPSA) is 78.1 Å². The van der Waals surface area contributed by atoms with Gasteiger partial charge in [0.05, 0.1) is 11.0 Å². The highest BCUT2D eigenvalue weighted by Crippen LogP contribution is 2.17. The van der Waals surface area contributed by atoms with Gasteiger partial charge in [-0.2, -0.15) is 0 Å². The predicted molar refractivity (Wildman–Crippen MR) is 55.5 cm³/mol. The second-order valence-electron chi connectivity index (χ2n) is 3.19. The van der Waals surface area contributed by atoms with Crippen molar-refractivity contribution in [3.05, 3.63) is 34.2 Å². The fourth-order valence-electron chi connectivity index (χ4n) is 1.46. The van der Waals surface area contributed by atoms with Gasteiger partial charge >= 0.3 is 5.69 Å². The van der Waals surface area contributed by atoms with Gasteiger partial charge in [-0.3, -0.25) is 0 Å². The Hall–Kier alpha value is -1.59. The summed E-state index contributed by atoms with van der Waals surface area (Å²) in [5.74, 6) is 0. The number of aromatic amines is 2. The van der Waals surface area contributed by atoms with Crippen LogP contribution < -0.4 is 5.69 Å². The minimum absolute atomic E-state index is 0.256. The van der Waals surface area contributed by atoms with E-state index in [9.17, 15) is 9.90 Å². The molecule has 80 valence electrons. The summed E-state index contributed by atoms with van der Waals surface area (Å²) in [6.45, 7) is 2.24. The number of aliphatic hydroxyl groups excluding tert-OH is 1. The van der Waals surface area contributed by atoms with Crippen LogP contribution in [0.4, 0.5) is 0 Å². The zero-order valence-corrected chi connectivity index (χ0v) is 8.28. The van der Waals surface area contributed by atoms with Crippen LogP contribution >= 0.6 is 0 Å². The van der Waals surface area contributed by atoms with Gasteiger partial charge in [-0.15, -0.1) is 0 Å². The summed E-state index contributed by atoms with van der Waals surface area (Å²) in [4.78, 5) is 16.2. The highest BCUT2D eigenvalue weighted by Gasteiger charge is 2.08. The molecule has 0 spiro atoms. The molecule has 0 saturated carbocycles. The average molecular weight is 208 g/mol. The summed E-state index contributed by atoms with van der Waals surface area (Å²) in [7, 11) is 0. The van der Waals surface area contributed by atoms with Crippen molar-refractivity contribution in [3.63, 3.8) is 0 Å². The molecule has 1 unspecified atom stereocenters. The van der Waals surface area contributed by atoms with Gasteiger partial charge in [0.2, 0.25) is 0 Å². The number of imidazole rings is 1. The molecule has 5 nitrogen and oxygen atoms in total. The number of aliphatic hydroxyl groups is 1. The number of nitrogens with one attached hydrogen (secondary N) is 2. The molecule has 1 aromatic heterocycles. The van der Waals surface area contributed by atoms with E-state index in [0.29, 0.717) is 23.2 Å². The summed E-state index contributed by atoms with van der Waals surface area (Å²) in [6.07, 6.45) is -0.946. The maximum atomic E-state index is 11.0. The molecular formula is C10H12N2O3. The molecule has 0 aliphatic heterocycles. The van der Waals surface area contributed by atoms with E-state index in [0.717, 1.165) is 0 Å². The Morgan fingerprint density at radius 2 is 2.13 bits per heavy atom. The van der Waals surface area contributed by atoms with E-state index >= 15 is 0 Å². The molecule has 3 N–H and O–H groups in total. The number of aromatic nitrogens is 2. The molecule has 15 heavy (non-hydrogen) atoms. The van der Waals surface area contributed by atoms with E-state index in [2.05, 4.69) is 9.97 Å². The SMILES string of the molecule is CCOC(O)c1ccc2[nH]c(=O)[nH]c2c1. The third-order valence-corrected chi connectivity index (χ3v) is 2.15. The van der Waals surface area contributed by atoms with Gasteiger partial charge in [-0.05, 0) is 19.1 Å². The van der Waals surface area contributed by atoms with Gasteiger partial charge in [0.1, 0.15) is 0 Å². The Labute approximate surface area is 85.7 Å². The lowest BCUT2D eigenvalue weighted by Crippen LogP contribution is -2.02. The van der Waals surface area contributed by atoms with E-state index in [1.165, 1.54) is 0 Å². The van der Waals surface area contributed by atoms with Crippen molar-refractivity contribution in [2.45, 2.75) is 13.2 Å². The fourth-order valence-corrected chi connectivity index (χ4v) is 1.46. The second-order valence-corrected chi connectivity index (χ2v) is 3.19. The Bertz CT molecular complexity index is 515. The normalized spacial score (nSPS) is 13.2. The Kier molecular flexibility index (Phi) is 2.57. The molecule has 5 heteroatoms. The number of hydrogen-bond acceptors (Lipinski definition) is 3. The number of fused-ring (bicyclic) bond motifs is 1. The summed E-state index contributed by atoms with van der Waals surface area (Å²) >= 11 is 0. The molecule has 0 amide bonds. The van der Waals surface area contributed by atoms with Crippen molar-refractivity contribution in [2.24, 2.45) is 0 Å². The van der Waals surface area contributed by atoms with Crippen molar-refractivity contribution >= 4 is 11.0 Å². The lowest BCUT2D eigenvalue weighted by atomic mass is 10.2. The summed E-state index contributed by atoms with van der Waals surface area (Å²) < 4.78 is 5.04. The highest BCUT2D eigenvalue weighted by atomic mass is 16.6. The Balaban J connectivity index is 2.41. The van der Waals surface area contributed by atoms with Crippen molar-refractivity contribution in [1.29, 1.82) is 0 Å². The van der Waals surface area contributed by atoms with Crippen LogP contribution in [-0.4, -0.2) is 21.7 Å². The molecule has 0 radical (unpaired) electrons. The quantitative estimate of drug-likeness (QED) is 0.655. The summed E-state index contributed by atoms with van der Waals surface area (Å²) in [5.41, 5.74) is 1.75. The van der Waals surface area contributed by atoms with Crippen LogP contribution in [-0.2, 0) is 4.74 Å². The average Bonchev–Trinajstić information content (AvgIpc) is 2.57. The molecule has 1 heterocycles. The molecule has 0 bridgehead atoms. The zero-order valence-electron chi connectivity index (χ0n) is 8.28. The molecule has 0 fully saturated rings. The van der Waals surface area contributed by atoms with Crippen LogP contribution in [0.25, 0.3) is 11.0 Å². The highest BCUT2D eigenvalue weighted by molar-refractivity contribution is 5.75. The molecule has 2 rings (SSSR count). The number of H-pyrrole nitrogens is 2. The number of ether oxygens (including phenoxy) is 1. The van der Waals surface area contributed by atoms with E-state index in [4.69, 9.17) is 4.74 Å². The van der Waals surface area contributed by atoms with Crippen molar-refractivity contribution in [1.82, 2.24) is 9.97 Å². The smallest absolute Gasteiger partial charge is 0.323 e. The molecule has 0 saturated heterocycles. The molecule has 1 atom stereocenters. The molecule has 1 aromatic carbocycles. The maximum absolute atomic E-state index is 11.0. The van der Waals surface area contributed by atoms with Crippen LogP contribution in [0.1, 0.15) is 18.8 Å². The van der Waals surface area contributed by atoms with Gasteiger partial charge in [0, 0.05) is 12.2 Å². The minimum Gasteiger partial charge on any atom is -0.364 e. The van der Waals surface area contributed by atoms with Crippen LogP contribution in [0.5, 0.6) is 0 Å². The Morgan fingerprint density at radius 3 is 2.87 bits per heavy atom. The second kappa shape index (κ2) is 3.88. The third kappa shape index (κ3) is 1.93. The minimum atomic E-state index is -0.946. The van der Waals surface area contributed by atoms with Crippen molar-refractivity contribution < 1.29 is 9.84 Å². The van der Waals surface area contributed by atoms with Gasteiger partial charge < -0.3 is 19.8 Å². The molecular weight excluding hydrogens is 196 g/mol. The summed E-state index contributed by atoms with van der Waals surface area (Å²) in [5, 5.41) is 9.56. The van der Waals surface area contributed by atoms with Gasteiger partial charge in [-0.1, -0.05) is 6.07 Å². The third-order valence-electron chi connectivity index (χ3n) is 2.15. The monoisotopic (exact) mass is 208 g/mol. The molecule has 2 aromatic rings. The number of rotatable bonds is 3. The van der Waals surface area contributed by atoms with Crippen molar-refractivity contribution in [2.75, 3.05) is 6.61 Å². The van der Waals surface area contributed by atoms with Gasteiger partial charge in [0.15, 0.2) is 6.29 Å². The lowest BCUT2D eigenvalue weighted by molar-refractivity contribution is -0.0979. The first-order chi connectivity index (χ1) is 7.20. The fraction of sp³-hybridized carbons (Fsp3) is 0.300. The molecule has 0 aliphatic rings. The van der Waals surface area contributed by atoms with Gasteiger partial charge in [0.25, 0.3) is 0 Å². The largest absolute Gasteiger partial charge is 0.364 e. The predicted octanol–water partition coefficient (Wildman–Crippen LogP) is 0.884. The maximum Gasteiger partial charge on any atom is 0.323 e. The van der Waals surface area contributed by atoms with Crippen LogP contribution in [0.3, 0.4) is 0 Å². The Morgan fingerprint density at radius 1 is 1.40 bits per heavy atom. The van der Waals surface area contributed by atoms with Crippen molar-refractivity contribution in [3.8, 4) is 0 Å². The number of hydrogen-bond donors (Lipinski definition) is 3. The zero-order chi connectivity index (χ0) is 10.8. The van der Waals surface area contributed by atoms with Crippen LogP contribution in [0.2, 0.25) is 0 Å². The van der Waals surface area contributed by atoms with E-state index in [1.54, 1.807) is 25.1 Å². The van der Waals surface area contributed by atoms with Crippen LogP contribution in [0.15, 0.2) is 23.0 Å². The standard InChI is InChI=1S/C10H12N2O3/c1-2-15-9(13)6-3-4-7-8(5-6)12-10(14)11-7/h3-5,9,13H,2H2,1H3,(H2,11,12,14). The van der Waals surface area contributed by atoms with Gasteiger partial charge in [-0.25, -0.2) is 4.79 Å².